The highest BCUT2D eigenvalue weighted by atomic mass is 35.5. The Hall–Kier alpha value is -1.99. The Morgan fingerprint density at radius 2 is 1.89 bits per heavy atom. The largest absolute Gasteiger partial charge is 0.444 e. The SMILES string of the molecule is CC(C)(C)OC(=O)N1CCC(N=C2CN=C(Nc3cc(Cl)cc(Cl)c3)N2)CC1. The molecule has 9 heteroatoms. The molecule has 28 heavy (non-hydrogen) atoms. The minimum atomic E-state index is -0.476. The maximum atomic E-state index is 12.1. The van der Waals surface area contributed by atoms with Gasteiger partial charge in [-0.3, -0.25) is 4.99 Å². The van der Waals surface area contributed by atoms with E-state index in [1.54, 1.807) is 23.1 Å². The van der Waals surface area contributed by atoms with E-state index in [4.69, 9.17) is 32.9 Å². The Morgan fingerprint density at radius 3 is 2.50 bits per heavy atom. The zero-order valence-electron chi connectivity index (χ0n) is 16.3. The molecule has 0 aromatic heterocycles. The molecular weight excluding hydrogens is 401 g/mol. The third-order valence-electron chi connectivity index (χ3n) is 4.23. The van der Waals surface area contributed by atoms with Crippen molar-refractivity contribution in [3.63, 3.8) is 0 Å². The number of aliphatic imine (C=N–C) groups is 2. The highest BCUT2D eigenvalue weighted by Gasteiger charge is 2.27. The van der Waals surface area contributed by atoms with Crippen LogP contribution in [0.3, 0.4) is 0 Å². The molecule has 2 heterocycles. The highest BCUT2D eigenvalue weighted by molar-refractivity contribution is 6.35. The number of piperidine rings is 1. The number of amides is 1. The van der Waals surface area contributed by atoms with Gasteiger partial charge in [0, 0.05) is 28.8 Å². The van der Waals surface area contributed by atoms with Crippen molar-refractivity contribution in [2.45, 2.75) is 45.3 Å². The van der Waals surface area contributed by atoms with Crippen molar-refractivity contribution in [2.24, 2.45) is 9.98 Å². The van der Waals surface area contributed by atoms with Gasteiger partial charge in [0.25, 0.3) is 0 Å². The number of carbonyl (C=O) groups is 1. The average Bonchev–Trinajstić information content (AvgIpc) is 2.99. The lowest BCUT2D eigenvalue weighted by Gasteiger charge is -2.32. The lowest BCUT2D eigenvalue weighted by atomic mass is 10.1. The van der Waals surface area contributed by atoms with Crippen LogP contribution in [0.4, 0.5) is 10.5 Å². The molecule has 0 bridgehead atoms. The second-order valence-corrected chi connectivity index (χ2v) is 8.72. The molecular formula is C19H25Cl2N5O2. The summed E-state index contributed by atoms with van der Waals surface area (Å²) in [6.45, 7) is 7.39. The van der Waals surface area contributed by atoms with E-state index < -0.39 is 5.60 Å². The van der Waals surface area contributed by atoms with Crippen molar-refractivity contribution < 1.29 is 9.53 Å². The van der Waals surface area contributed by atoms with Gasteiger partial charge in [0.05, 0.1) is 6.04 Å². The number of nitrogens with one attached hydrogen (secondary N) is 2. The Bertz CT molecular complexity index is 776. The second kappa shape index (κ2) is 8.57. The second-order valence-electron chi connectivity index (χ2n) is 7.85. The summed E-state index contributed by atoms with van der Waals surface area (Å²) in [7, 11) is 0. The molecule has 0 unspecified atom stereocenters. The molecule has 1 aromatic rings. The Morgan fingerprint density at radius 1 is 1.25 bits per heavy atom. The summed E-state index contributed by atoms with van der Waals surface area (Å²) in [5.41, 5.74) is 0.284. The van der Waals surface area contributed by atoms with Gasteiger partial charge in [0.2, 0.25) is 5.96 Å². The third-order valence-corrected chi connectivity index (χ3v) is 4.67. The van der Waals surface area contributed by atoms with Crippen LogP contribution >= 0.6 is 23.2 Å². The summed E-state index contributed by atoms with van der Waals surface area (Å²) in [4.78, 5) is 23.1. The van der Waals surface area contributed by atoms with Crippen molar-refractivity contribution >= 4 is 46.8 Å². The van der Waals surface area contributed by atoms with E-state index in [0.29, 0.717) is 35.6 Å². The minimum Gasteiger partial charge on any atom is -0.444 e. The predicted octanol–water partition coefficient (Wildman–Crippen LogP) is 4.16. The minimum absolute atomic E-state index is 0.163. The number of anilines is 1. The lowest BCUT2D eigenvalue weighted by molar-refractivity contribution is 0.0207. The molecule has 0 saturated carbocycles. The summed E-state index contributed by atoms with van der Waals surface area (Å²) in [5, 5.41) is 7.45. The van der Waals surface area contributed by atoms with Crippen molar-refractivity contribution in [3.05, 3.63) is 28.2 Å². The Labute approximate surface area is 175 Å². The third kappa shape index (κ3) is 6.01. The summed E-state index contributed by atoms with van der Waals surface area (Å²) >= 11 is 12.0. The number of benzene rings is 1. The molecule has 0 aliphatic carbocycles. The van der Waals surface area contributed by atoms with Gasteiger partial charge < -0.3 is 20.3 Å². The topological polar surface area (TPSA) is 78.3 Å². The van der Waals surface area contributed by atoms with Crippen molar-refractivity contribution in [2.75, 3.05) is 25.0 Å². The van der Waals surface area contributed by atoms with Crippen LogP contribution in [0.1, 0.15) is 33.6 Å². The van der Waals surface area contributed by atoms with E-state index in [1.807, 2.05) is 20.8 Å². The van der Waals surface area contributed by atoms with Gasteiger partial charge in [-0.1, -0.05) is 23.2 Å². The van der Waals surface area contributed by atoms with Gasteiger partial charge in [-0.05, 0) is 51.8 Å². The molecule has 2 aliphatic rings. The molecule has 3 rings (SSSR count). The van der Waals surface area contributed by atoms with Gasteiger partial charge in [-0.2, -0.15) is 0 Å². The number of halogens is 2. The van der Waals surface area contributed by atoms with E-state index in [-0.39, 0.29) is 12.1 Å². The fourth-order valence-corrected chi connectivity index (χ4v) is 3.53. The van der Waals surface area contributed by atoms with Crippen LogP contribution in [0.5, 0.6) is 0 Å². The molecule has 0 atom stereocenters. The summed E-state index contributed by atoms with van der Waals surface area (Å²) in [5.74, 6) is 1.43. The standard InChI is InChI=1S/C19H25Cl2N5O2/c1-19(2,3)28-18(27)26-6-4-14(5-7-26)23-16-11-22-17(25-16)24-15-9-12(20)8-13(21)10-15/h8-10,14H,4-7,11H2,1-3H3,(H2,22,23,24,25). The van der Waals surface area contributed by atoms with E-state index >= 15 is 0 Å². The number of hydrogen-bond donors (Lipinski definition) is 2. The average molecular weight is 426 g/mol. The number of carbonyl (C=O) groups excluding carboxylic acids is 1. The first-order valence-electron chi connectivity index (χ1n) is 9.27. The zero-order valence-corrected chi connectivity index (χ0v) is 17.8. The normalized spacial score (nSPS) is 19.4. The maximum Gasteiger partial charge on any atom is 0.410 e. The van der Waals surface area contributed by atoms with Crippen molar-refractivity contribution in [1.29, 1.82) is 0 Å². The van der Waals surface area contributed by atoms with E-state index in [9.17, 15) is 4.79 Å². The maximum absolute atomic E-state index is 12.1. The van der Waals surface area contributed by atoms with Crippen LogP contribution in [0, 0.1) is 0 Å². The Balaban J connectivity index is 1.48. The molecule has 2 aliphatic heterocycles. The highest BCUT2D eigenvalue weighted by Crippen LogP contribution is 2.22. The molecule has 0 spiro atoms. The first kappa shape index (κ1) is 20.7. The summed E-state index contributed by atoms with van der Waals surface area (Å²) in [6.07, 6.45) is 1.35. The fourth-order valence-electron chi connectivity index (χ4n) is 3.00. The van der Waals surface area contributed by atoms with Gasteiger partial charge >= 0.3 is 6.09 Å². The fraction of sp³-hybridized carbons (Fsp3) is 0.526. The van der Waals surface area contributed by atoms with E-state index in [1.165, 1.54) is 0 Å². The quantitative estimate of drug-likeness (QED) is 0.745. The van der Waals surface area contributed by atoms with Gasteiger partial charge in [-0.25, -0.2) is 9.79 Å². The van der Waals surface area contributed by atoms with Crippen LogP contribution in [-0.2, 0) is 4.74 Å². The smallest absolute Gasteiger partial charge is 0.410 e. The first-order chi connectivity index (χ1) is 13.2. The lowest BCUT2D eigenvalue weighted by Crippen LogP contribution is -2.43. The van der Waals surface area contributed by atoms with E-state index in [0.717, 1.165) is 24.4 Å². The number of ether oxygens (including phenoxy) is 1. The molecule has 1 fully saturated rings. The molecule has 1 saturated heterocycles. The van der Waals surface area contributed by atoms with Crippen LogP contribution in [0.15, 0.2) is 28.2 Å². The van der Waals surface area contributed by atoms with Crippen LogP contribution < -0.4 is 10.6 Å². The van der Waals surface area contributed by atoms with Gasteiger partial charge in [0.1, 0.15) is 18.0 Å². The van der Waals surface area contributed by atoms with Crippen LogP contribution in [0.2, 0.25) is 10.0 Å². The van der Waals surface area contributed by atoms with Gasteiger partial charge in [0.15, 0.2) is 0 Å². The number of amidine groups is 1. The monoisotopic (exact) mass is 425 g/mol. The van der Waals surface area contributed by atoms with Gasteiger partial charge in [-0.15, -0.1) is 0 Å². The summed E-state index contributed by atoms with van der Waals surface area (Å²) < 4.78 is 5.43. The molecule has 152 valence electrons. The first-order valence-corrected chi connectivity index (χ1v) is 10.0. The van der Waals surface area contributed by atoms with Crippen molar-refractivity contribution in [1.82, 2.24) is 10.2 Å². The molecule has 7 nitrogen and oxygen atoms in total. The zero-order chi connectivity index (χ0) is 20.3. The van der Waals surface area contributed by atoms with Crippen molar-refractivity contribution in [3.8, 4) is 0 Å². The van der Waals surface area contributed by atoms with Crippen LogP contribution in [0.25, 0.3) is 0 Å². The number of rotatable bonds is 2. The number of guanidine groups is 1. The van der Waals surface area contributed by atoms with E-state index in [2.05, 4.69) is 15.6 Å². The molecule has 1 aromatic carbocycles. The molecule has 1 amide bonds. The number of nitrogens with zero attached hydrogens (tertiary/aromatic N) is 3. The summed E-state index contributed by atoms with van der Waals surface area (Å²) in [6, 6.07) is 5.39. The van der Waals surface area contributed by atoms with Crippen LogP contribution in [-0.4, -0.2) is 54.1 Å². The number of likely N-dealkylation sites (tertiary alicyclic amines) is 1. The number of hydrogen-bond acceptors (Lipinski definition) is 5. The predicted molar refractivity (Wildman–Crippen MR) is 114 cm³/mol. The molecule has 2 N–H and O–H groups in total. The Kier molecular flexibility index (Phi) is 6.35. The molecule has 0 radical (unpaired) electrons.